The Bertz CT molecular complexity index is 547. The summed E-state index contributed by atoms with van der Waals surface area (Å²) in [6.45, 7) is 1.88. The van der Waals surface area contributed by atoms with Crippen molar-refractivity contribution in [2.75, 3.05) is 11.4 Å². The van der Waals surface area contributed by atoms with Crippen molar-refractivity contribution in [3.8, 4) is 0 Å². The van der Waals surface area contributed by atoms with Crippen LogP contribution in [-0.4, -0.2) is 16.1 Å². The highest BCUT2D eigenvalue weighted by Gasteiger charge is 2.19. The molecular weight excluding hydrogens is 234 g/mol. The van der Waals surface area contributed by atoms with Gasteiger partial charge >= 0.3 is 0 Å². The summed E-state index contributed by atoms with van der Waals surface area (Å²) in [6.07, 6.45) is 2.83. The number of halogens is 1. The molecule has 0 aliphatic carbocycles. The molecule has 0 fully saturated rings. The summed E-state index contributed by atoms with van der Waals surface area (Å²) < 4.78 is 1.93. The van der Waals surface area contributed by atoms with Crippen molar-refractivity contribution < 1.29 is 0 Å². The van der Waals surface area contributed by atoms with Gasteiger partial charge in [-0.2, -0.15) is 0 Å². The van der Waals surface area contributed by atoms with Gasteiger partial charge in [0.05, 0.1) is 12.7 Å². The summed E-state index contributed by atoms with van der Waals surface area (Å²) in [4.78, 5) is 6.70. The molecule has 88 valence electrons. The molecule has 2 heterocycles. The second kappa shape index (κ2) is 4.08. The van der Waals surface area contributed by atoms with E-state index in [1.54, 1.807) is 6.20 Å². The van der Waals surface area contributed by atoms with Crippen LogP contribution in [0.1, 0.15) is 11.4 Å². The molecule has 0 bridgehead atoms. The van der Waals surface area contributed by atoms with E-state index in [9.17, 15) is 0 Å². The van der Waals surface area contributed by atoms with Crippen LogP contribution in [0.5, 0.6) is 0 Å². The van der Waals surface area contributed by atoms with E-state index in [0.29, 0.717) is 5.15 Å². The molecule has 1 aromatic carbocycles. The molecule has 1 aliphatic rings. The zero-order chi connectivity index (χ0) is 11.8. The first-order valence-corrected chi connectivity index (χ1v) is 6.12. The fraction of sp³-hybridized carbons (Fsp3) is 0.308. The van der Waals surface area contributed by atoms with Crippen molar-refractivity contribution >= 4 is 17.3 Å². The van der Waals surface area contributed by atoms with Crippen LogP contribution in [0.25, 0.3) is 0 Å². The van der Waals surface area contributed by atoms with Gasteiger partial charge in [-0.25, -0.2) is 4.98 Å². The fourth-order valence-corrected chi connectivity index (χ4v) is 2.46. The summed E-state index contributed by atoms with van der Waals surface area (Å²) in [7, 11) is 1.95. The van der Waals surface area contributed by atoms with E-state index in [0.717, 1.165) is 25.3 Å². The van der Waals surface area contributed by atoms with Gasteiger partial charge in [-0.3, -0.25) is 0 Å². The van der Waals surface area contributed by atoms with Crippen molar-refractivity contribution in [1.29, 1.82) is 0 Å². The zero-order valence-corrected chi connectivity index (χ0v) is 10.5. The van der Waals surface area contributed by atoms with Crippen molar-refractivity contribution in [2.24, 2.45) is 7.05 Å². The van der Waals surface area contributed by atoms with Crippen molar-refractivity contribution in [2.45, 2.75) is 13.0 Å². The van der Waals surface area contributed by atoms with Crippen LogP contribution in [0, 0.1) is 0 Å². The molecule has 0 unspecified atom stereocenters. The minimum atomic E-state index is 0.687. The number of imidazole rings is 1. The molecule has 0 radical (unpaired) electrons. The average molecular weight is 248 g/mol. The van der Waals surface area contributed by atoms with E-state index in [2.05, 4.69) is 34.1 Å². The number of nitrogens with zero attached hydrogens (tertiary/aromatic N) is 3. The van der Waals surface area contributed by atoms with Crippen molar-refractivity contribution in [3.63, 3.8) is 0 Å². The Kier molecular flexibility index (Phi) is 2.56. The number of aromatic nitrogens is 2. The van der Waals surface area contributed by atoms with Gasteiger partial charge in [0.1, 0.15) is 11.0 Å². The molecule has 3 nitrogen and oxygen atoms in total. The molecule has 2 aromatic rings. The Hall–Kier alpha value is -1.48. The fourth-order valence-electron chi connectivity index (χ4n) is 2.31. The first kappa shape index (κ1) is 10.7. The van der Waals surface area contributed by atoms with Gasteiger partial charge in [-0.05, 0) is 18.1 Å². The summed E-state index contributed by atoms with van der Waals surface area (Å²) in [5.74, 6) is 1.01. The molecular formula is C13H14ClN3. The Morgan fingerprint density at radius 1 is 1.35 bits per heavy atom. The van der Waals surface area contributed by atoms with Gasteiger partial charge in [0.2, 0.25) is 0 Å². The molecule has 1 aromatic heterocycles. The van der Waals surface area contributed by atoms with E-state index in [-0.39, 0.29) is 0 Å². The van der Waals surface area contributed by atoms with Crippen molar-refractivity contribution in [3.05, 3.63) is 47.0 Å². The van der Waals surface area contributed by atoms with Gasteiger partial charge in [0.15, 0.2) is 0 Å². The zero-order valence-electron chi connectivity index (χ0n) is 9.73. The number of para-hydroxylation sites is 1. The molecule has 0 N–H and O–H groups in total. The van der Waals surface area contributed by atoms with E-state index in [4.69, 9.17) is 11.6 Å². The lowest BCUT2D eigenvalue weighted by atomic mass is 10.2. The van der Waals surface area contributed by atoms with Crippen LogP contribution in [0.4, 0.5) is 5.69 Å². The van der Waals surface area contributed by atoms with Gasteiger partial charge in [-0.1, -0.05) is 29.8 Å². The number of benzene rings is 1. The van der Waals surface area contributed by atoms with E-state index in [1.807, 2.05) is 11.6 Å². The average Bonchev–Trinajstić information content (AvgIpc) is 2.89. The number of hydrogen-bond donors (Lipinski definition) is 0. The maximum absolute atomic E-state index is 6.00. The molecule has 3 rings (SSSR count). The molecule has 0 amide bonds. The summed E-state index contributed by atoms with van der Waals surface area (Å²) >= 11 is 6.00. The Balaban J connectivity index is 1.86. The quantitative estimate of drug-likeness (QED) is 0.814. The third kappa shape index (κ3) is 1.80. The normalized spacial score (nSPS) is 14.1. The molecule has 0 atom stereocenters. The highest BCUT2D eigenvalue weighted by molar-refractivity contribution is 6.29. The molecule has 1 aliphatic heterocycles. The third-order valence-electron chi connectivity index (χ3n) is 3.34. The standard InChI is InChI=1S/C13H14ClN3/c1-16-12(14)8-15-13(16)9-17-7-6-10-4-2-3-5-11(10)17/h2-5,8H,6-7,9H2,1H3. The van der Waals surface area contributed by atoms with Gasteiger partial charge in [0.25, 0.3) is 0 Å². The topological polar surface area (TPSA) is 21.1 Å². The van der Waals surface area contributed by atoms with Crippen LogP contribution in [0.3, 0.4) is 0 Å². The lowest BCUT2D eigenvalue weighted by Crippen LogP contribution is -2.21. The lowest BCUT2D eigenvalue weighted by Gasteiger charge is -2.18. The number of hydrogen-bond acceptors (Lipinski definition) is 2. The predicted octanol–water partition coefficient (Wildman–Crippen LogP) is 2.64. The van der Waals surface area contributed by atoms with Crippen LogP contribution in [0.15, 0.2) is 30.5 Å². The molecule has 17 heavy (non-hydrogen) atoms. The molecule has 0 saturated heterocycles. The van der Waals surface area contributed by atoms with Crippen LogP contribution < -0.4 is 4.90 Å². The van der Waals surface area contributed by atoms with Crippen molar-refractivity contribution in [1.82, 2.24) is 9.55 Å². The second-order valence-corrected chi connectivity index (χ2v) is 4.74. The summed E-state index contributed by atoms with van der Waals surface area (Å²) in [5.41, 5.74) is 2.75. The highest BCUT2D eigenvalue weighted by atomic mass is 35.5. The van der Waals surface area contributed by atoms with Gasteiger partial charge in [-0.15, -0.1) is 0 Å². The highest BCUT2D eigenvalue weighted by Crippen LogP contribution is 2.28. The monoisotopic (exact) mass is 247 g/mol. The van der Waals surface area contributed by atoms with E-state index in [1.165, 1.54) is 11.3 Å². The smallest absolute Gasteiger partial charge is 0.129 e. The van der Waals surface area contributed by atoms with Gasteiger partial charge in [0, 0.05) is 19.3 Å². The minimum absolute atomic E-state index is 0.687. The largest absolute Gasteiger partial charge is 0.363 e. The molecule has 4 heteroatoms. The lowest BCUT2D eigenvalue weighted by molar-refractivity contribution is 0.735. The second-order valence-electron chi connectivity index (χ2n) is 4.36. The number of anilines is 1. The van der Waals surface area contributed by atoms with E-state index >= 15 is 0 Å². The predicted molar refractivity (Wildman–Crippen MR) is 69.4 cm³/mol. The maximum Gasteiger partial charge on any atom is 0.129 e. The number of rotatable bonds is 2. The van der Waals surface area contributed by atoms with E-state index < -0.39 is 0 Å². The Labute approximate surface area is 106 Å². The number of fused-ring (bicyclic) bond motifs is 1. The van der Waals surface area contributed by atoms with Crippen LogP contribution >= 0.6 is 11.6 Å². The minimum Gasteiger partial charge on any atom is -0.363 e. The summed E-state index contributed by atoms with van der Waals surface area (Å²) in [6, 6.07) is 8.55. The summed E-state index contributed by atoms with van der Waals surface area (Å²) in [5, 5.41) is 0.687. The maximum atomic E-state index is 6.00. The SMILES string of the molecule is Cn1c(Cl)cnc1CN1CCc2ccccc21. The van der Waals surface area contributed by atoms with Crippen LogP contribution in [0.2, 0.25) is 5.15 Å². The Morgan fingerprint density at radius 3 is 2.94 bits per heavy atom. The molecule has 0 saturated carbocycles. The first-order chi connectivity index (χ1) is 8.25. The van der Waals surface area contributed by atoms with Gasteiger partial charge < -0.3 is 9.47 Å². The first-order valence-electron chi connectivity index (χ1n) is 5.74. The van der Waals surface area contributed by atoms with Crippen LogP contribution in [-0.2, 0) is 20.0 Å². The Morgan fingerprint density at radius 2 is 2.18 bits per heavy atom. The molecule has 0 spiro atoms. The third-order valence-corrected chi connectivity index (χ3v) is 3.69.